The van der Waals surface area contributed by atoms with E-state index in [0.717, 1.165) is 11.3 Å². The smallest absolute Gasteiger partial charge is 0.266 e. The molecule has 0 amide bonds. The molecule has 4 aromatic rings. The number of methoxy groups -OCH3 is 1. The quantitative estimate of drug-likeness (QED) is 0.330. The highest BCUT2D eigenvalue weighted by Gasteiger charge is 2.14. The minimum Gasteiger partial charge on any atom is -0.497 e. The summed E-state index contributed by atoms with van der Waals surface area (Å²) in [5.41, 5.74) is 2.36. The van der Waals surface area contributed by atoms with E-state index in [1.54, 1.807) is 17.7 Å². The van der Waals surface area contributed by atoms with Gasteiger partial charge in [-0.3, -0.25) is 9.36 Å². The molecule has 0 saturated heterocycles. The van der Waals surface area contributed by atoms with Gasteiger partial charge in [0.1, 0.15) is 5.75 Å². The Morgan fingerprint density at radius 2 is 1.86 bits per heavy atom. The van der Waals surface area contributed by atoms with Crippen molar-refractivity contribution in [2.75, 3.05) is 7.11 Å². The number of para-hydroxylation sites is 1. The second-order valence-electron chi connectivity index (χ2n) is 6.17. The van der Waals surface area contributed by atoms with Crippen LogP contribution in [0.25, 0.3) is 16.6 Å². The van der Waals surface area contributed by atoms with E-state index in [9.17, 15) is 4.79 Å². The number of ether oxygens (including phenoxy) is 1. The molecule has 6 heteroatoms. The zero-order chi connectivity index (χ0) is 19.5. The van der Waals surface area contributed by atoms with Crippen LogP contribution >= 0.6 is 23.4 Å². The van der Waals surface area contributed by atoms with Crippen molar-refractivity contribution < 1.29 is 4.74 Å². The van der Waals surface area contributed by atoms with Gasteiger partial charge in [-0.15, -0.1) is 0 Å². The Morgan fingerprint density at radius 1 is 1.04 bits per heavy atom. The molecule has 0 N–H and O–H groups in total. The first-order chi connectivity index (χ1) is 13.7. The molecule has 140 valence electrons. The van der Waals surface area contributed by atoms with Crippen LogP contribution in [-0.2, 0) is 5.75 Å². The van der Waals surface area contributed by atoms with E-state index >= 15 is 0 Å². The first-order valence-corrected chi connectivity index (χ1v) is 10.1. The lowest BCUT2D eigenvalue weighted by Gasteiger charge is -2.14. The third-order valence-electron chi connectivity index (χ3n) is 4.31. The van der Waals surface area contributed by atoms with Crippen LogP contribution in [0.4, 0.5) is 0 Å². The summed E-state index contributed by atoms with van der Waals surface area (Å²) in [7, 11) is 1.61. The van der Waals surface area contributed by atoms with E-state index < -0.39 is 0 Å². The molecule has 0 atom stereocenters. The molecule has 0 saturated carbocycles. The van der Waals surface area contributed by atoms with Gasteiger partial charge in [0, 0.05) is 16.8 Å². The summed E-state index contributed by atoms with van der Waals surface area (Å²) in [6, 6.07) is 22.5. The highest BCUT2D eigenvalue weighted by Crippen LogP contribution is 2.26. The summed E-state index contributed by atoms with van der Waals surface area (Å²) < 4.78 is 6.97. The van der Waals surface area contributed by atoms with Gasteiger partial charge in [0.15, 0.2) is 5.16 Å². The fourth-order valence-electron chi connectivity index (χ4n) is 2.96. The molecule has 1 aromatic heterocycles. The third kappa shape index (κ3) is 3.77. The minimum absolute atomic E-state index is 0.104. The summed E-state index contributed by atoms with van der Waals surface area (Å²) in [6.07, 6.45) is 0. The van der Waals surface area contributed by atoms with Gasteiger partial charge in [-0.2, -0.15) is 0 Å². The van der Waals surface area contributed by atoms with Crippen LogP contribution < -0.4 is 10.3 Å². The monoisotopic (exact) mass is 408 g/mol. The zero-order valence-corrected chi connectivity index (χ0v) is 16.7. The molecule has 0 aliphatic carbocycles. The molecule has 0 unspecified atom stereocenters. The van der Waals surface area contributed by atoms with Crippen molar-refractivity contribution in [3.05, 3.63) is 93.7 Å². The van der Waals surface area contributed by atoms with E-state index in [2.05, 4.69) is 0 Å². The second-order valence-corrected chi connectivity index (χ2v) is 7.55. The van der Waals surface area contributed by atoms with Crippen LogP contribution in [0.1, 0.15) is 5.56 Å². The van der Waals surface area contributed by atoms with Gasteiger partial charge in [-0.25, -0.2) is 4.98 Å². The third-order valence-corrected chi connectivity index (χ3v) is 5.56. The molecule has 0 radical (unpaired) electrons. The lowest BCUT2D eigenvalue weighted by molar-refractivity contribution is 0.414. The lowest BCUT2D eigenvalue weighted by atomic mass is 10.2. The Morgan fingerprint density at radius 3 is 2.68 bits per heavy atom. The normalized spacial score (nSPS) is 10.9. The van der Waals surface area contributed by atoms with Gasteiger partial charge in [0.2, 0.25) is 0 Å². The fraction of sp³-hybridized carbons (Fsp3) is 0.0909. The molecule has 3 aromatic carbocycles. The number of aromatic nitrogens is 2. The average Bonchev–Trinajstić information content (AvgIpc) is 2.72. The maximum absolute atomic E-state index is 13.3. The first-order valence-electron chi connectivity index (χ1n) is 8.69. The molecule has 0 bridgehead atoms. The Kier molecular flexibility index (Phi) is 5.37. The number of nitrogens with zero attached hydrogens (tertiary/aromatic N) is 2. The van der Waals surface area contributed by atoms with E-state index in [-0.39, 0.29) is 5.56 Å². The summed E-state index contributed by atoms with van der Waals surface area (Å²) >= 11 is 7.60. The summed E-state index contributed by atoms with van der Waals surface area (Å²) in [6.45, 7) is 0. The van der Waals surface area contributed by atoms with Crippen LogP contribution in [0, 0.1) is 0 Å². The van der Waals surface area contributed by atoms with E-state index in [1.807, 2.05) is 66.7 Å². The van der Waals surface area contributed by atoms with Crippen molar-refractivity contribution in [2.45, 2.75) is 10.9 Å². The molecule has 0 aliphatic rings. The lowest BCUT2D eigenvalue weighted by Crippen LogP contribution is -2.21. The van der Waals surface area contributed by atoms with Crippen molar-refractivity contribution >= 4 is 34.3 Å². The number of thioether (sulfide) groups is 1. The zero-order valence-electron chi connectivity index (χ0n) is 15.1. The first kappa shape index (κ1) is 18.6. The van der Waals surface area contributed by atoms with Gasteiger partial charge in [0.05, 0.1) is 23.7 Å². The number of benzene rings is 3. The van der Waals surface area contributed by atoms with Crippen molar-refractivity contribution in [3.8, 4) is 11.4 Å². The Balaban J connectivity index is 1.84. The molecule has 0 fully saturated rings. The predicted molar refractivity (Wildman–Crippen MR) is 115 cm³/mol. The number of hydrogen-bond donors (Lipinski definition) is 0. The highest BCUT2D eigenvalue weighted by molar-refractivity contribution is 7.98. The molecule has 28 heavy (non-hydrogen) atoms. The maximum Gasteiger partial charge on any atom is 0.266 e. The predicted octanol–water partition coefficient (Wildman–Crippen LogP) is 5.34. The summed E-state index contributed by atoms with van der Waals surface area (Å²) in [5.74, 6) is 1.33. The van der Waals surface area contributed by atoms with Crippen molar-refractivity contribution in [1.29, 1.82) is 0 Å². The average molecular weight is 409 g/mol. The molecular weight excluding hydrogens is 392 g/mol. The molecule has 0 spiro atoms. The molecule has 1 heterocycles. The van der Waals surface area contributed by atoms with E-state index in [4.69, 9.17) is 21.3 Å². The van der Waals surface area contributed by atoms with Crippen LogP contribution in [0.3, 0.4) is 0 Å². The minimum atomic E-state index is -0.104. The van der Waals surface area contributed by atoms with Gasteiger partial charge in [-0.1, -0.05) is 53.7 Å². The van der Waals surface area contributed by atoms with E-state index in [1.165, 1.54) is 11.8 Å². The number of halogens is 1. The maximum atomic E-state index is 13.3. The topological polar surface area (TPSA) is 44.1 Å². The SMILES string of the molecule is COc1cccc(-n2c(SCc3cccc(Cl)c3)nc3ccccc3c2=O)c1. The van der Waals surface area contributed by atoms with Crippen LogP contribution in [-0.4, -0.2) is 16.7 Å². The summed E-state index contributed by atoms with van der Waals surface area (Å²) in [5, 5.41) is 1.89. The van der Waals surface area contributed by atoms with Crippen LogP contribution in [0.2, 0.25) is 5.02 Å². The van der Waals surface area contributed by atoms with Crippen molar-refractivity contribution in [2.24, 2.45) is 0 Å². The fourth-order valence-corrected chi connectivity index (χ4v) is 4.13. The number of rotatable bonds is 5. The van der Waals surface area contributed by atoms with E-state index in [0.29, 0.717) is 32.6 Å². The standard InChI is InChI=1S/C22H17ClN2O2S/c1-27-18-9-5-8-17(13-18)25-21(26)19-10-2-3-11-20(19)24-22(25)28-14-15-6-4-7-16(23)12-15/h2-13H,14H2,1H3. The summed E-state index contributed by atoms with van der Waals surface area (Å²) in [4.78, 5) is 18.0. The van der Waals surface area contributed by atoms with Crippen molar-refractivity contribution in [1.82, 2.24) is 9.55 Å². The largest absolute Gasteiger partial charge is 0.497 e. The van der Waals surface area contributed by atoms with Gasteiger partial charge < -0.3 is 4.74 Å². The number of hydrogen-bond acceptors (Lipinski definition) is 4. The van der Waals surface area contributed by atoms with Crippen LogP contribution in [0.5, 0.6) is 5.75 Å². The highest BCUT2D eigenvalue weighted by atomic mass is 35.5. The second kappa shape index (κ2) is 8.09. The van der Waals surface area contributed by atoms with Gasteiger partial charge in [0.25, 0.3) is 5.56 Å². The molecule has 4 rings (SSSR count). The Bertz CT molecular complexity index is 1210. The Hall–Kier alpha value is -2.76. The number of fused-ring (bicyclic) bond motifs is 1. The molecule has 0 aliphatic heterocycles. The van der Waals surface area contributed by atoms with Crippen LogP contribution in [0.15, 0.2) is 82.7 Å². The molecular formula is C22H17ClN2O2S. The van der Waals surface area contributed by atoms with Gasteiger partial charge in [-0.05, 0) is 42.0 Å². The van der Waals surface area contributed by atoms with Gasteiger partial charge >= 0.3 is 0 Å². The van der Waals surface area contributed by atoms with Crippen molar-refractivity contribution in [3.63, 3.8) is 0 Å². The molecule has 4 nitrogen and oxygen atoms in total. The Labute approximate surface area is 171 Å².